The summed E-state index contributed by atoms with van der Waals surface area (Å²) in [7, 11) is 0. The van der Waals surface area contributed by atoms with Crippen LogP contribution in [0.15, 0.2) is 40.2 Å². The molecule has 0 spiro atoms. The molecule has 0 bridgehead atoms. The van der Waals surface area contributed by atoms with Gasteiger partial charge in [-0.05, 0) is 52.9 Å². The molecule has 0 radical (unpaired) electrons. The normalized spacial score (nSPS) is 10.6. The Labute approximate surface area is 120 Å². The van der Waals surface area contributed by atoms with Crippen molar-refractivity contribution in [3.05, 3.63) is 56.2 Å². The van der Waals surface area contributed by atoms with Gasteiger partial charge in [0.1, 0.15) is 0 Å². The first-order chi connectivity index (χ1) is 8.66. The number of ketones is 1. The minimum Gasteiger partial charge on any atom is -0.293 e. The van der Waals surface area contributed by atoms with Crippen molar-refractivity contribution in [3.63, 3.8) is 0 Å². The standard InChI is InChI=1S/C15H15BrOS/c1-11-10-14(18-15(11)16)13(17)9-5-8-12-6-3-2-4-7-12/h2-4,6-7,10H,5,8-9H2,1H3. The summed E-state index contributed by atoms with van der Waals surface area (Å²) < 4.78 is 1.06. The number of carbonyl (C=O) groups excluding carboxylic acids is 1. The van der Waals surface area contributed by atoms with E-state index in [0.29, 0.717) is 6.42 Å². The van der Waals surface area contributed by atoms with Crippen LogP contribution in [0, 0.1) is 6.92 Å². The van der Waals surface area contributed by atoms with Gasteiger partial charge in [-0.1, -0.05) is 30.3 Å². The summed E-state index contributed by atoms with van der Waals surface area (Å²) in [6, 6.07) is 12.3. The molecule has 18 heavy (non-hydrogen) atoms. The Morgan fingerprint density at radius 1 is 1.28 bits per heavy atom. The monoisotopic (exact) mass is 322 g/mol. The van der Waals surface area contributed by atoms with E-state index in [2.05, 4.69) is 28.1 Å². The highest BCUT2D eigenvalue weighted by atomic mass is 79.9. The third kappa shape index (κ3) is 3.53. The predicted molar refractivity (Wildman–Crippen MR) is 80.5 cm³/mol. The largest absolute Gasteiger partial charge is 0.293 e. The van der Waals surface area contributed by atoms with Crippen molar-refractivity contribution in [2.24, 2.45) is 0 Å². The Kier molecular flexibility index (Phi) is 4.72. The highest BCUT2D eigenvalue weighted by Gasteiger charge is 2.10. The van der Waals surface area contributed by atoms with Crippen molar-refractivity contribution in [1.29, 1.82) is 0 Å². The van der Waals surface area contributed by atoms with E-state index in [1.54, 1.807) is 0 Å². The van der Waals surface area contributed by atoms with Crippen LogP contribution in [0.25, 0.3) is 0 Å². The fourth-order valence-corrected chi connectivity index (χ4v) is 3.32. The molecule has 0 amide bonds. The molecule has 0 aliphatic carbocycles. The Morgan fingerprint density at radius 2 is 2.00 bits per heavy atom. The summed E-state index contributed by atoms with van der Waals surface area (Å²) in [6.07, 6.45) is 2.51. The Balaban J connectivity index is 1.85. The predicted octanol–water partition coefficient (Wildman–Crippen LogP) is 5.02. The van der Waals surface area contributed by atoms with Gasteiger partial charge in [0.05, 0.1) is 8.66 Å². The molecule has 2 aromatic rings. The van der Waals surface area contributed by atoms with Crippen LogP contribution in [0.3, 0.4) is 0 Å². The van der Waals surface area contributed by atoms with Gasteiger partial charge in [-0.2, -0.15) is 0 Å². The first kappa shape index (κ1) is 13.5. The Bertz CT molecular complexity index is 511. The van der Waals surface area contributed by atoms with Gasteiger partial charge in [-0.25, -0.2) is 0 Å². The van der Waals surface area contributed by atoms with Crippen molar-refractivity contribution < 1.29 is 4.79 Å². The second-order valence-electron chi connectivity index (χ2n) is 4.33. The Hall–Kier alpha value is -0.930. The smallest absolute Gasteiger partial charge is 0.172 e. The SMILES string of the molecule is Cc1cc(C(=O)CCCc2ccccc2)sc1Br. The molecule has 0 saturated carbocycles. The van der Waals surface area contributed by atoms with E-state index in [9.17, 15) is 4.79 Å². The lowest BCUT2D eigenvalue weighted by Gasteiger charge is -2.00. The number of halogens is 1. The topological polar surface area (TPSA) is 17.1 Å². The summed E-state index contributed by atoms with van der Waals surface area (Å²) in [6.45, 7) is 2.02. The van der Waals surface area contributed by atoms with Gasteiger partial charge < -0.3 is 0 Å². The molecule has 3 heteroatoms. The summed E-state index contributed by atoms with van der Waals surface area (Å²) in [5, 5.41) is 0. The van der Waals surface area contributed by atoms with Crippen LogP contribution < -0.4 is 0 Å². The maximum absolute atomic E-state index is 12.0. The van der Waals surface area contributed by atoms with Crippen LogP contribution in [-0.2, 0) is 6.42 Å². The molecule has 2 rings (SSSR count). The minimum absolute atomic E-state index is 0.254. The zero-order valence-corrected chi connectivity index (χ0v) is 12.7. The number of benzene rings is 1. The fraction of sp³-hybridized carbons (Fsp3) is 0.267. The van der Waals surface area contributed by atoms with Gasteiger partial charge in [0, 0.05) is 6.42 Å². The average molecular weight is 323 g/mol. The molecule has 1 heterocycles. The lowest BCUT2D eigenvalue weighted by Crippen LogP contribution is -1.97. The van der Waals surface area contributed by atoms with Gasteiger partial charge in [0.25, 0.3) is 0 Å². The molecule has 0 N–H and O–H groups in total. The second kappa shape index (κ2) is 6.30. The van der Waals surface area contributed by atoms with Gasteiger partial charge in [-0.15, -0.1) is 11.3 Å². The van der Waals surface area contributed by atoms with E-state index in [-0.39, 0.29) is 5.78 Å². The van der Waals surface area contributed by atoms with Crippen molar-refractivity contribution >= 4 is 33.0 Å². The third-order valence-electron chi connectivity index (χ3n) is 2.84. The Morgan fingerprint density at radius 3 is 2.61 bits per heavy atom. The van der Waals surface area contributed by atoms with Crippen LogP contribution >= 0.6 is 27.3 Å². The summed E-state index contributed by atoms with van der Waals surface area (Å²) in [5.41, 5.74) is 2.44. The highest BCUT2D eigenvalue weighted by Crippen LogP contribution is 2.28. The lowest BCUT2D eigenvalue weighted by atomic mass is 10.1. The second-order valence-corrected chi connectivity index (χ2v) is 6.70. The molecule has 1 aromatic carbocycles. The summed E-state index contributed by atoms with van der Waals surface area (Å²) in [4.78, 5) is 12.9. The van der Waals surface area contributed by atoms with Crippen LogP contribution in [0.2, 0.25) is 0 Å². The maximum Gasteiger partial charge on any atom is 0.172 e. The van der Waals surface area contributed by atoms with Gasteiger partial charge in [0.15, 0.2) is 5.78 Å². The number of carbonyl (C=O) groups is 1. The zero-order valence-electron chi connectivity index (χ0n) is 10.3. The molecule has 0 saturated heterocycles. The van der Waals surface area contributed by atoms with E-state index in [0.717, 1.165) is 27.1 Å². The van der Waals surface area contributed by atoms with Crippen LogP contribution in [-0.4, -0.2) is 5.78 Å². The molecule has 1 nitrogen and oxygen atoms in total. The van der Waals surface area contributed by atoms with Crippen molar-refractivity contribution in [2.45, 2.75) is 26.2 Å². The number of rotatable bonds is 5. The molecule has 0 fully saturated rings. The quantitative estimate of drug-likeness (QED) is 0.706. The number of aryl methyl sites for hydroxylation is 2. The van der Waals surface area contributed by atoms with E-state index in [1.807, 2.05) is 31.2 Å². The molecular weight excluding hydrogens is 308 g/mol. The minimum atomic E-state index is 0.254. The van der Waals surface area contributed by atoms with Crippen LogP contribution in [0.4, 0.5) is 0 Å². The van der Waals surface area contributed by atoms with Crippen molar-refractivity contribution in [3.8, 4) is 0 Å². The van der Waals surface area contributed by atoms with Crippen LogP contribution in [0.1, 0.15) is 33.6 Å². The van der Waals surface area contributed by atoms with Crippen LogP contribution in [0.5, 0.6) is 0 Å². The van der Waals surface area contributed by atoms with Gasteiger partial charge in [0.2, 0.25) is 0 Å². The first-order valence-electron chi connectivity index (χ1n) is 6.00. The third-order valence-corrected chi connectivity index (χ3v) is 5.02. The van der Waals surface area contributed by atoms with E-state index in [4.69, 9.17) is 0 Å². The van der Waals surface area contributed by atoms with E-state index < -0.39 is 0 Å². The van der Waals surface area contributed by atoms with Crippen molar-refractivity contribution in [1.82, 2.24) is 0 Å². The molecule has 0 aliphatic heterocycles. The number of hydrogen-bond acceptors (Lipinski definition) is 2. The first-order valence-corrected chi connectivity index (χ1v) is 7.61. The average Bonchev–Trinajstić information content (AvgIpc) is 2.71. The van der Waals surface area contributed by atoms with Gasteiger partial charge >= 0.3 is 0 Å². The van der Waals surface area contributed by atoms with Crippen molar-refractivity contribution in [2.75, 3.05) is 0 Å². The van der Waals surface area contributed by atoms with E-state index >= 15 is 0 Å². The fourth-order valence-electron chi connectivity index (χ4n) is 1.82. The zero-order chi connectivity index (χ0) is 13.0. The lowest BCUT2D eigenvalue weighted by molar-refractivity contribution is 0.0984. The molecule has 0 unspecified atom stereocenters. The molecular formula is C15H15BrOS. The molecule has 1 aromatic heterocycles. The molecule has 94 valence electrons. The van der Waals surface area contributed by atoms with Gasteiger partial charge in [-0.3, -0.25) is 4.79 Å². The number of Topliss-reactive ketones (excluding diaryl/α,β-unsaturated/α-hetero) is 1. The highest BCUT2D eigenvalue weighted by molar-refractivity contribution is 9.11. The number of hydrogen-bond donors (Lipinski definition) is 0. The molecule has 0 atom stereocenters. The molecule has 0 aliphatic rings. The van der Waals surface area contributed by atoms with E-state index in [1.165, 1.54) is 16.9 Å². The number of thiophene rings is 1. The summed E-state index contributed by atoms with van der Waals surface area (Å²) >= 11 is 4.99. The maximum atomic E-state index is 12.0. The summed E-state index contributed by atoms with van der Waals surface area (Å²) in [5.74, 6) is 0.254.